The summed E-state index contributed by atoms with van der Waals surface area (Å²) in [6, 6.07) is 0. The van der Waals surface area contributed by atoms with E-state index in [1.54, 1.807) is 12.2 Å². The fourth-order valence-electron chi connectivity index (χ4n) is 1.31. The zero-order valence-electron chi connectivity index (χ0n) is 9.76. The molecule has 2 nitrogen and oxygen atoms in total. The van der Waals surface area contributed by atoms with Crippen molar-refractivity contribution in [3.8, 4) is 0 Å². The predicted molar refractivity (Wildman–Crippen MR) is 61.2 cm³/mol. The van der Waals surface area contributed by atoms with Gasteiger partial charge in [-0.2, -0.15) is 13.2 Å². The lowest BCUT2D eigenvalue weighted by Gasteiger charge is -2.15. The molecule has 0 amide bonds. The monoisotopic (exact) mass is 320 g/mol. The number of thiocarbonyl (C=S) groups is 1. The van der Waals surface area contributed by atoms with Crippen LogP contribution in [0.2, 0.25) is 0 Å². The summed E-state index contributed by atoms with van der Waals surface area (Å²) in [5.74, 6) is -9.51. The third-order valence-corrected chi connectivity index (χ3v) is 2.37. The normalized spacial score (nSPS) is 11.4. The van der Waals surface area contributed by atoms with Gasteiger partial charge >= 0.3 is 6.18 Å². The first-order valence-corrected chi connectivity index (χ1v) is 5.50. The molecule has 0 radical (unpaired) electrons. The quantitative estimate of drug-likeness (QED) is 0.495. The van der Waals surface area contributed by atoms with Crippen LogP contribution in [0.5, 0.6) is 0 Å². The van der Waals surface area contributed by atoms with E-state index < -0.39 is 45.8 Å². The molecule has 20 heavy (non-hydrogen) atoms. The predicted octanol–water partition coefficient (Wildman–Crippen LogP) is 3.57. The van der Waals surface area contributed by atoms with Crippen LogP contribution in [0, 0.1) is 23.3 Å². The Labute approximate surface area is 114 Å². The number of rotatable bonds is 2. The highest BCUT2D eigenvalue weighted by Crippen LogP contribution is 2.38. The number of anilines is 1. The molecular formula is C10H7F7N2S. The Bertz CT molecular complexity index is 512. The number of alkyl halides is 3. The van der Waals surface area contributed by atoms with Crippen LogP contribution in [0.15, 0.2) is 0 Å². The minimum atomic E-state index is -5.57. The van der Waals surface area contributed by atoms with Gasteiger partial charge in [-0.25, -0.2) is 17.6 Å². The van der Waals surface area contributed by atoms with Gasteiger partial charge in [0.2, 0.25) is 0 Å². The standard InChI is InChI=1S/C10H7F7N2S/c1-2-18-9(20)19-8-6(13)4(11)3(10(15,16)17)5(12)7(8)14/h2H2,1H3,(H2,18,19,20). The number of nitrogens with one attached hydrogen (secondary N) is 2. The third-order valence-electron chi connectivity index (χ3n) is 2.12. The highest BCUT2D eigenvalue weighted by molar-refractivity contribution is 7.80. The van der Waals surface area contributed by atoms with E-state index in [9.17, 15) is 30.7 Å². The molecule has 0 saturated carbocycles. The molecule has 0 bridgehead atoms. The van der Waals surface area contributed by atoms with E-state index in [4.69, 9.17) is 0 Å². The van der Waals surface area contributed by atoms with Crippen LogP contribution < -0.4 is 10.6 Å². The Balaban J connectivity index is 3.41. The van der Waals surface area contributed by atoms with Gasteiger partial charge in [0.25, 0.3) is 0 Å². The zero-order chi connectivity index (χ0) is 15.7. The van der Waals surface area contributed by atoms with Crippen LogP contribution in [-0.2, 0) is 6.18 Å². The van der Waals surface area contributed by atoms with Gasteiger partial charge in [-0.1, -0.05) is 0 Å². The molecule has 0 saturated heterocycles. The van der Waals surface area contributed by atoms with Crippen molar-refractivity contribution in [3.63, 3.8) is 0 Å². The van der Waals surface area contributed by atoms with Gasteiger partial charge in [-0.3, -0.25) is 0 Å². The molecule has 1 rings (SSSR count). The first-order valence-electron chi connectivity index (χ1n) is 5.09. The Morgan fingerprint density at radius 2 is 1.45 bits per heavy atom. The zero-order valence-corrected chi connectivity index (χ0v) is 10.6. The lowest BCUT2D eigenvalue weighted by atomic mass is 10.1. The second-order valence-electron chi connectivity index (χ2n) is 3.49. The number of benzene rings is 1. The SMILES string of the molecule is CCNC(=S)Nc1c(F)c(F)c(C(F)(F)F)c(F)c1F. The molecule has 112 valence electrons. The van der Waals surface area contributed by atoms with Crippen molar-refractivity contribution >= 4 is 23.0 Å². The summed E-state index contributed by atoms with van der Waals surface area (Å²) in [6.07, 6.45) is -5.57. The molecule has 0 aromatic heterocycles. The minimum absolute atomic E-state index is 0.223. The van der Waals surface area contributed by atoms with Gasteiger partial charge in [-0.15, -0.1) is 0 Å². The average Bonchev–Trinajstić information content (AvgIpc) is 2.31. The summed E-state index contributed by atoms with van der Waals surface area (Å²) in [6.45, 7) is 1.79. The summed E-state index contributed by atoms with van der Waals surface area (Å²) in [7, 11) is 0. The van der Waals surface area contributed by atoms with Gasteiger partial charge in [0.05, 0.1) is 0 Å². The number of hydrogen-bond acceptors (Lipinski definition) is 1. The molecule has 0 aliphatic rings. The van der Waals surface area contributed by atoms with Crippen LogP contribution in [0.1, 0.15) is 12.5 Å². The van der Waals surface area contributed by atoms with E-state index in [-0.39, 0.29) is 6.54 Å². The van der Waals surface area contributed by atoms with Crippen molar-refractivity contribution in [2.24, 2.45) is 0 Å². The smallest absolute Gasteiger partial charge is 0.363 e. The average molecular weight is 320 g/mol. The summed E-state index contributed by atoms with van der Waals surface area (Å²) in [5.41, 5.74) is -4.06. The van der Waals surface area contributed by atoms with Crippen molar-refractivity contribution in [2.75, 3.05) is 11.9 Å². The highest BCUT2D eigenvalue weighted by atomic mass is 32.1. The first kappa shape index (κ1) is 16.5. The summed E-state index contributed by atoms with van der Waals surface area (Å²) >= 11 is 4.52. The number of hydrogen-bond donors (Lipinski definition) is 2. The summed E-state index contributed by atoms with van der Waals surface area (Å²) in [4.78, 5) is 0. The van der Waals surface area contributed by atoms with E-state index in [0.29, 0.717) is 0 Å². The topological polar surface area (TPSA) is 24.1 Å². The second-order valence-corrected chi connectivity index (χ2v) is 3.90. The molecule has 0 heterocycles. The molecular weight excluding hydrogens is 313 g/mol. The van der Waals surface area contributed by atoms with Crippen molar-refractivity contribution in [1.82, 2.24) is 5.32 Å². The van der Waals surface area contributed by atoms with Crippen LogP contribution >= 0.6 is 12.2 Å². The van der Waals surface area contributed by atoms with E-state index in [2.05, 4.69) is 17.5 Å². The van der Waals surface area contributed by atoms with Crippen LogP contribution in [0.3, 0.4) is 0 Å². The lowest BCUT2D eigenvalue weighted by molar-refractivity contribution is -0.143. The van der Waals surface area contributed by atoms with Gasteiger partial charge in [0, 0.05) is 6.54 Å². The van der Waals surface area contributed by atoms with Crippen molar-refractivity contribution in [2.45, 2.75) is 13.1 Å². The Morgan fingerprint density at radius 1 is 1.00 bits per heavy atom. The van der Waals surface area contributed by atoms with E-state index >= 15 is 0 Å². The van der Waals surface area contributed by atoms with Crippen LogP contribution in [-0.4, -0.2) is 11.7 Å². The minimum Gasteiger partial charge on any atom is -0.363 e. The van der Waals surface area contributed by atoms with E-state index in [0.717, 1.165) is 0 Å². The van der Waals surface area contributed by atoms with E-state index in [1.165, 1.54) is 0 Å². The van der Waals surface area contributed by atoms with Crippen molar-refractivity contribution in [3.05, 3.63) is 28.8 Å². The Morgan fingerprint density at radius 3 is 1.80 bits per heavy atom. The molecule has 2 N–H and O–H groups in total. The van der Waals surface area contributed by atoms with Gasteiger partial charge in [0.1, 0.15) is 11.3 Å². The fraction of sp³-hybridized carbons (Fsp3) is 0.300. The van der Waals surface area contributed by atoms with Crippen molar-refractivity contribution in [1.29, 1.82) is 0 Å². The summed E-state index contributed by atoms with van der Waals surface area (Å²) < 4.78 is 90.2. The Kier molecular flexibility index (Phi) is 4.79. The Hall–Kier alpha value is -1.58. The van der Waals surface area contributed by atoms with Gasteiger partial charge < -0.3 is 10.6 Å². The maximum atomic E-state index is 13.4. The molecule has 0 spiro atoms. The van der Waals surface area contributed by atoms with E-state index in [1.807, 2.05) is 0 Å². The summed E-state index contributed by atoms with van der Waals surface area (Å²) in [5, 5.41) is 3.72. The van der Waals surface area contributed by atoms with Crippen LogP contribution in [0.4, 0.5) is 36.4 Å². The maximum Gasteiger partial charge on any atom is 0.422 e. The second kappa shape index (κ2) is 5.81. The largest absolute Gasteiger partial charge is 0.422 e. The van der Waals surface area contributed by atoms with Gasteiger partial charge in [0.15, 0.2) is 28.4 Å². The van der Waals surface area contributed by atoms with Crippen molar-refractivity contribution < 1.29 is 30.7 Å². The fourth-order valence-corrected chi connectivity index (χ4v) is 1.55. The first-order chi connectivity index (χ1) is 9.11. The maximum absolute atomic E-state index is 13.4. The lowest BCUT2D eigenvalue weighted by Crippen LogP contribution is -2.29. The highest BCUT2D eigenvalue weighted by Gasteiger charge is 2.42. The molecule has 1 aromatic rings. The number of halogens is 7. The molecule has 1 aromatic carbocycles. The van der Waals surface area contributed by atoms with Crippen LogP contribution in [0.25, 0.3) is 0 Å². The molecule has 0 aliphatic heterocycles. The molecule has 0 atom stereocenters. The molecule has 0 unspecified atom stereocenters. The van der Waals surface area contributed by atoms with Gasteiger partial charge in [-0.05, 0) is 19.1 Å². The molecule has 0 fully saturated rings. The molecule has 10 heteroatoms. The molecule has 0 aliphatic carbocycles. The third kappa shape index (κ3) is 3.11.